The molecule has 1 aromatic carbocycles. The van der Waals surface area contributed by atoms with Gasteiger partial charge < -0.3 is 15.0 Å². The van der Waals surface area contributed by atoms with Crippen molar-refractivity contribution < 1.29 is 14.3 Å². The summed E-state index contributed by atoms with van der Waals surface area (Å²) in [4.78, 5) is 25.0. The molecule has 0 unspecified atom stereocenters. The van der Waals surface area contributed by atoms with Gasteiger partial charge in [-0.05, 0) is 17.7 Å². The molecule has 20 heavy (non-hydrogen) atoms. The van der Waals surface area contributed by atoms with Crippen LogP contribution in [0.4, 0.5) is 5.69 Å². The molecule has 0 bridgehead atoms. The minimum Gasteiger partial charge on any atom is -0.491 e. The maximum atomic E-state index is 11.8. The number of nitrogens with one attached hydrogen (secondary N) is 1. The van der Waals surface area contributed by atoms with Crippen molar-refractivity contribution in [1.29, 1.82) is 0 Å². The quantitative estimate of drug-likeness (QED) is 0.914. The van der Waals surface area contributed by atoms with Gasteiger partial charge in [-0.2, -0.15) is 0 Å². The molecule has 2 amide bonds. The van der Waals surface area contributed by atoms with Gasteiger partial charge in [-0.25, -0.2) is 0 Å². The zero-order valence-electron chi connectivity index (χ0n) is 12.1. The zero-order valence-corrected chi connectivity index (χ0v) is 12.1. The van der Waals surface area contributed by atoms with Gasteiger partial charge >= 0.3 is 0 Å². The summed E-state index contributed by atoms with van der Waals surface area (Å²) in [7, 11) is 1.74. The maximum Gasteiger partial charge on any atom is 0.230 e. The van der Waals surface area contributed by atoms with Crippen molar-refractivity contribution in [3.05, 3.63) is 23.8 Å². The minimum absolute atomic E-state index is 0.0145. The van der Waals surface area contributed by atoms with Gasteiger partial charge in [-0.1, -0.05) is 19.9 Å². The number of nitrogens with zero attached hydrogens (tertiary/aromatic N) is 1. The number of fused-ring (bicyclic) bond motifs is 1. The number of ether oxygens (including phenoxy) is 1. The van der Waals surface area contributed by atoms with E-state index in [4.69, 9.17) is 4.74 Å². The van der Waals surface area contributed by atoms with Crippen molar-refractivity contribution in [2.45, 2.75) is 26.8 Å². The van der Waals surface area contributed by atoms with Crippen LogP contribution in [0.15, 0.2) is 18.2 Å². The number of amides is 2. The predicted molar refractivity (Wildman–Crippen MR) is 76.6 cm³/mol. The highest BCUT2D eigenvalue weighted by molar-refractivity contribution is 5.95. The van der Waals surface area contributed by atoms with E-state index in [0.717, 1.165) is 11.3 Å². The van der Waals surface area contributed by atoms with Gasteiger partial charge in [0.1, 0.15) is 5.75 Å². The van der Waals surface area contributed by atoms with Crippen molar-refractivity contribution in [1.82, 2.24) is 5.32 Å². The molecule has 0 spiro atoms. The van der Waals surface area contributed by atoms with Crippen LogP contribution >= 0.6 is 0 Å². The highest BCUT2D eigenvalue weighted by Gasteiger charge is 2.20. The van der Waals surface area contributed by atoms with Crippen LogP contribution in [0.25, 0.3) is 0 Å². The first-order chi connectivity index (χ1) is 9.49. The lowest BCUT2D eigenvalue weighted by molar-refractivity contribution is -0.124. The molecule has 0 radical (unpaired) electrons. The molecular weight excluding hydrogens is 256 g/mol. The second kappa shape index (κ2) is 5.94. The average molecular weight is 276 g/mol. The molecule has 0 atom stereocenters. The molecule has 0 aromatic heterocycles. The Hall–Kier alpha value is -2.04. The molecule has 1 N–H and O–H groups in total. The highest BCUT2D eigenvalue weighted by Crippen LogP contribution is 2.31. The molecule has 1 aromatic rings. The minimum atomic E-state index is -0.0385. The Morgan fingerprint density at radius 3 is 2.90 bits per heavy atom. The van der Waals surface area contributed by atoms with E-state index in [0.29, 0.717) is 25.3 Å². The van der Waals surface area contributed by atoms with E-state index in [2.05, 4.69) is 5.32 Å². The fraction of sp³-hybridized carbons (Fsp3) is 0.467. The molecular formula is C15H20N2O3. The van der Waals surface area contributed by atoms with Crippen LogP contribution in [0.5, 0.6) is 5.75 Å². The number of benzene rings is 1. The number of hydrogen-bond donors (Lipinski definition) is 1. The largest absolute Gasteiger partial charge is 0.491 e. The van der Waals surface area contributed by atoms with Crippen LogP contribution < -0.4 is 15.0 Å². The van der Waals surface area contributed by atoms with Gasteiger partial charge in [0.25, 0.3) is 0 Å². The van der Waals surface area contributed by atoms with Crippen molar-refractivity contribution >= 4 is 17.5 Å². The molecule has 2 rings (SSSR count). The first-order valence-corrected chi connectivity index (χ1v) is 6.79. The van der Waals surface area contributed by atoms with E-state index in [1.165, 1.54) is 0 Å². The molecule has 0 aliphatic carbocycles. The standard InChI is InChI=1S/C15H20N2O3/c1-10(2)15(19)16-9-11-4-5-13-12(8-11)17(3)14(18)6-7-20-13/h4-5,8,10H,6-7,9H2,1-3H3,(H,16,19). The van der Waals surface area contributed by atoms with Crippen molar-refractivity contribution in [3.63, 3.8) is 0 Å². The molecule has 0 saturated heterocycles. The Kier molecular flexibility index (Phi) is 4.27. The summed E-state index contributed by atoms with van der Waals surface area (Å²) < 4.78 is 5.56. The monoisotopic (exact) mass is 276 g/mol. The number of carbonyl (C=O) groups excluding carboxylic acids is 2. The maximum absolute atomic E-state index is 11.8. The Bertz CT molecular complexity index is 526. The van der Waals surface area contributed by atoms with Crippen LogP contribution in [0.3, 0.4) is 0 Å². The van der Waals surface area contributed by atoms with Crippen LogP contribution in [0, 0.1) is 5.92 Å². The fourth-order valence-corrected chi connectivity index (χ4v) is 2.00. The van der Waals surface area contributed by atoms with Crippen LogP contribution in [0.2, 0.25) is 0 Å². The summed E-state index contributed by atoms with van der Waals surface area (Å²) in [5, 5.41) is 2.86. The topological polar surface area (TPSA) is 58.6 Å². The van der Waals surface area contributed by atoms with Gasteiger partial charge in [0, 0.05) is 19.5 Å². The Morgan fingerprint density at radius 2 is 2.20 bits per heavy atom. The van der Waals surface area contributed by atoms with Gasteiger partial charge in [0.2, 0.25) is 11.8 Å². The first kappa shape index (κ1) is 14.4. The molecule has 1 heterocycles. The fourth-order valence-electron chi connectivity index (χ4n) is 2.00. The molecule has 5 nitrogen and oxygen atoms in total. The Balaban J connectivity index is 2.16. The lowest BCUT2D eigenvalue weighted by Crippen LogP contribution is -2.27. The summed E-state index contributed by atoms with van der Waals surface area (Å²) in [5.41, 5.74) is 1.70. The SMILES string of the molecule is CC(C)C(=O)NCc1ccc2c(c1)N(C)C(=O)CCO2. The van der Waals surface area contributed by atoms with Crippen molar-refractivity contribution in [2.75, 3.05) is 18.6 Å². The zero-order chi connectivity index (χ0) is 14.7. The third kappa shape index (κ3) is 3.10. The van der Waals surface area contributed by atoms with Crippen LogP contribution in [-0.2, 0) is 16.1 Å². The third-order valence-electron chi connectivity index (χ3n) is 3.32. The van der Waals surface area contributed by atoms with E-state index in [1.54, 1.807) is 11.9 Å². The normalized spacial score (nSPS) is 14.6. The molecule has 108 valence electrons. The predicted octanol–water partition coefficient (Wildman–Crippen LogP) is 1.70. The summed E-state index contributed by atoms with van der Waals surface area (Å²) in [5.74, 6) is 0.716. The average Bonchev–Trinajstić information content (AvgIpc) is 2.56. The van der Waals surface area contributed by atoms with E-state index in [-0.39, 0.29) is 17.7 Å². The number of carbonyl (C=O) groups is 2. The highest BCUT2D eigenvalue weighted by atomic mass is 16.5. The van der Waals surface area contributed by atoms with Gasteiger partial charge in [-0.3, -0.25) is 9.59 Å². The van der Waals surface area contributed by atoms with Gasteiger partial charge in [0.15, 0.2) is 0 Å². The lowest BCUT2D eigenvalue weighted by atomic mass is 10.1. The van der Waals surface area contributed by atoms with Crippen LogP contribution in [-0.4, -0.2) is 25.5 Å². The molecule has 1 aliphatic rings. The number of rotatable bonds is 3. The summed E-state index contributed by atoms with van der Waals surface area (Å²) in [6.07, 6.45) is 0.380. The number of anilines is 1. The first-order valence-electron chi connectivity index (χ1n) is 6.79. The second-order valence-electron chi connectivity index (χ2n) is 5.23. The molecule has 0 saturated carbocycles. The van der Waals surface area contributed by atoms with Gasteiger partial charge in [0.05, 0.1) is 18.7 Å². The van der Waals surface area contributed by atoms with E-state index >= 15 is 0 Å². The summed E-state index contributed by atoms with van der Waals surface area (Å²) >= 11 is 0. The summed E-state index contributed by atoms with van der Waals surface area (Å²) in [6, 6.07) is 5.64. The Morgan fingerprint density at radius 1 is 1.45 bits per heavy atom. The van der Waals surface area contributed by atoms with Crippen molar-refractivity contribution in [2.24, 2.45) is 5.92 Å². The molecule has 1 aliphatic heterocycles. The van der Waals surface area contributed by atoms with Crippen LogP contribution in [0.1, 0.15) is 25.8 Å². The molecule has 5 heteroatoms. The summed E-state index contributed by atoms with van der Waals surface area (Å²) in [6.45, 7) is 4.56. The third-order valence-corrected chi connectivity index (χ3v) is 3.32. The van der Waals surface area contributed by atoms with Gasteiger partial charge in [-0.15, -0.1) is 0 Å². The number of hydrogen-bond acceptors (Lipinski definition) is 3. The van der Waals surface area contributed by atoms with E-state index < -0.39 is 0 Å². The Labute approximate surface area is 118 Å². The van der Waals surface area contributed by atoms with Crippen molar-refractivity contribution in [3.8, 4) is 5.75 Å². The smallest absolute Gasteiger partial charge is 0.230 e. The van der Waals surface area contributed by atoms with E-state index in [9.17, 15) is 9.59 Å². The molecule has 0 fully saturated rings. The second-order valence-corrected chi connectivity index (χ2v) is 5.23. The van der Waals surface area contributed by atoms with E-state index in [1.807, 2.05) is 32.0 Å². The lowest BCUT2D eigenvalue weighted by Gasteiger charge is -2.17.